The van der Waals surface area contributed by atoms with E-state index in [1.165, 1.54) is 4.90 Å². The van der Waals surface area contributed by atoms with Gasteiger partial charge < -0.3 is 30.5 Å². The van der Waals surface area contributed by atoms with Gasteiger partial charge in [-0.3, -0.25) is 9.59 Å². The predicted molar refractivity (Wildman–Crippen MR) is 136 cm³/mol. The third-order valence-electron chi connectivity index (χ3n) is 5.38. The van der Waals surface area contributed by atoms with E-state index in [0.29, 0.717) is 5.56 Å². The van der Waals surface area contributed by atoms with E-state index in [4.69, 9.17) is 4.74 Å². The number of hydrogen-bond donors (Lipinski definition) is 4. The molecule has 0 bridgehead atoms. The van der Waals surface area contributed by atoms with E-state index >= 15 is 0 Å². The monoisotopic (exact) mass is 499 g/mol. The maximum atomic E-state index is 13.6. The van der Waals surface area contributed by atoms with Crippen molar-refractivity contribution >= 4 is 17.9 Å². The number of alkyl carbamates (subject to hydrolysis) is 1. The quantitative estimate of drug-likeness (QED) is 0.420. The number of hydrogen-bond acceptors (Lipinski definition) is 6. The van der Waals surface area contributed by atoms with Crippen LogP contribution in [-0.2, 0) is 20.9 Å². The number of carbonyl (C=O) groups excluding carboxylic acids is 3. The van der Waals surface area contributed by atoms with Gasteiger partial charge in [-0.2, -0.15) is 0 Å². The molecule has 196 valence electrons. The Morgan fingerprint density at radius 2 is 1.67 bits per heavy atom. The van der Waals surface area contributed by atoms with Crippen molar-refractivity contribution in [3.8, 4) is 5.75 Å². The van der Waals surface area contributed by atoms with E-state index in [-0.39, 0.29) is 17.9 Å². The lowest BCUT2D eigenvalue weighted by atomic mass is 9.98. The fourth-order valence-corrected chi connectivity index (χ4v) is 3.70. The van der Waals surface area contributed by atoms with Crippen molar-refractivity contribution in [2.75, 3.05) is 6.61 Å². The third-order valence-corrected chi connectivity index (χ3v) is 5.38. The fourth-order valence-electron chi connectivity index (χ4n) is 3.70. The van der Waals surface area contributed by atoms with Gasteiger partial charge in [-0.15, -0.1) is 0 Å². The number of nitrogens with zero attached hydrogens (tertiary/aromatic N) is 1. The number of para-hydroxylation sites is 1. The van der Waals surface area contributed by atoms with Crippen molar-refractivity contribution in [1.82, 2.24) is 15.5 Å². The van der Waals surface area contributed by atoms with Crippen LogP contribution in [-0.4, -0.2) is 57.3 Å². The number of rotatable bonds is 9. The molecule has 36 heavy (non-hydrogen) atoms. The predicted octanol–water partition coefficient (Wildman–Crippen LogP) is 3.18. The molecule has 9 heteroatoms. The number of amides is 3. The second kappa shape index (κ2) is 12.4. The molecule has 2 unspecified atom stereocenters. The Hall–Kier alpha value is -3.59. The molecule has 0 saturated carbocycles. The fraction of sp³-hybridized carbons (Fsp3) is 0.444. The highest BCUT2D eigenvalue weighted by atomic mass is 16.6. The van der Waals surface area contributed by atoms with E-state index in [1.807, 2.05) is 30.3 Å². The van der Waals surface area contributed by atoms with E-state index in [2.05, 4.69) is 10.6 Å². The molecule has 0 heterocycles. The Labute approximate surface area is 212 Å². The molecule has 2 atom stereocenters. The zero-order chi connectivity index (χ0) is 27.0. The number of phenolic OH excluding ortho intramolecular Hbond substituents is 1. The summed E-state index contributed by atoms with van der Waals surface area (Å²) < 4.78 is 5.22. The Bertz CT molecular complexity index is 1050. The van der Waals surface area contributed by atoms with Gasteiger partial charge in [0.25, 0.3) is 0 Å². The van der Waals surface area contributed by atoms with Crippen molar-refractivity contribution in [2.24, 2.45) is 0 Å². The van der Waals surface area contributed by atoms with E-state index in [1.54, 1.807) is 59.7 Å². The minimum absolute atomic E-state index is 0.114. The summed E-state index contributed by atoms with van der Waals surface area (Å²) in [6.45, 7) is 9.65. The lowest BCUT2D eigenvalue weighted by molar-refractivity contribution is -0.145. The number of carbonyl (C=O) groups is 3. The summed E-state index contributed by atoms with van der Waals surface area (Å²) >= 11 is 0. The first kappa shape index (κ1) is 28.6. The summed E-state index contributed by atoms with van der Waals surface area (Å²) in [7, 11) is 0. The van der Waals surface area contributed by atoms with E-state index in [0.717, 1.165) is 5.56 Å². The number of aliphatic hydroxyl groups is 1. The SMILES string of the molecule is Cc1cccc(C(C(=O)NCc2ccccc2)N(C(=O)C(CO)NC(=O)OC(C)(C)C)C(C)C)c1O. The van der Waals surface area contributed by atoms with Crippen molar-refractivity contribution in [3.05, 3.63) is 65.2 Å². The van der Waals surface area contributed by atoms with Crippen LogP contribution in [0.1, 0.15) is 57.4 Å². The Morgan fingerprint density at radius 1 is 1.03 bits per heavy atom. The van der Waals surface area contributed by atoms with Crippen molar-refractivity contribution in [1.29, 1.82) is 0 Å². The largest absolute Gasteiger partial charge is 0.507 e. The molecule has 0 saturated heterocycles. The van der Waals surface area contributed by atoms with Crippen molar-refractivity contribution in [2.45, 2.75) is 71.8 Å². The standard InChI is InChI=1S/C27H37N3O6/c1-17(2)30(25(34)21(16-31)29-26(35)36-27(4,5)6)22(20-14-10-11-18(3)23(20)32)24(33)28-15-19-12-8-7-9-13-19/h7-14,17,21-22,31-32H,15-16H2,1-6H3,(H,28,33)(H,29,35). The maximum absolute atomic E-state index is 13.6. The van der Waals surface area contributed by atoms with Crippen LogP contribution >= 0.6 is 0 Å². The van der Waals surface area contributed by atoms with Gasteiger partial charge in [0.1, 0.15) is 23.4 Å². The molecular formula is C27H37N3O6. The van der Waals surface area contributed by atoms with Gasteiger partial charge in [0, 0.05) is 18.2 Å². The summed E-state index contributed by atoms with van der Waals surface area (Å²) in [5.41, 5.74) is 0.824. The minimum atomic E-state index is -1.36. The van der Waals surface area contributed by atoms with E-state index < -0.39 is 48.2 Å². The average molecular weight is 500 g/mol. The molecule has 0 aliphatic heterocycles. The van der Waals surface area contributed by atoms with Crippen LogP contribution in [0.4, 0.5) is 4.79 Å². The molecule has 0 aliphatic carbocycles. The van der Waals surface area contributed by atoms with Gasteiger partial charge >= 0.3 is 6.09 Å². The van der Waals surface area contributed by atoms with Crippen LogP contribution in [0.2, 0.25) is 0 Å². The van der Waals surface area contributed by atoms with Gasteiger partial charge in [-0.05, 0) is 52.7 Å². The number of nitrogens with one attached hydrogen (secondary N) is 2. The van der Waals surface area contributed by atoms with Gasteiger partial charge in [0.05, 0.1) is 6.61 Å². The normalized spacial score (nSPS) is 13.0. The molecule has 3 amide bonds. The van der Waals surface area contributed by atoms with E-state index in [9.17, 15) is 24.6 Å². The second-order valence-corrected chi connectivity index (χ2v) is 9.84. The Balaban J connectivity index is 2.44. The van der Waals surface area contributed by atoms with Gasteiger partial charge in [-0.1, -0.05) is 48.5 Å². The topological polar surface area (TPSA) is 128 Å². The summed E-state index contributed by atoms with van der Waals surface area (Å²) in [6, 6.07) is 11.1. The van der Waals surface area contributed by atoms with Crippen LogP contribution in [0.25, 0.3) is 0 Å². The highest BCUT2D eigenvalue weighted by Gasteiger charge is 2.38. The molecule has 0 spiro atoms. The molecule has 4 N–H and O–H groups in total. The molecule has 2 aromatic rings. The molecule has 0 fully saturated rings. The van der Waals surface area contributed by atoms with Crippen LogP contribution < -0.4 is 10.6 Å². The molecule has 2 rings (SSSR count). The number of aromatic hydroxyl groups is 1. The average Bonchev–Trinajstić information content (AvgIpc) is 2.80. The number of benzene rings is 2. The Kier molecular flexibility index (Phi) is 9.86. The van der Waals surface area contributed by atoms with Gasteiger partial charge in [-0.25, -0.2) is 4.79 Å². The molecule has 9 nitrogen and oxygen atoms in total. The van der Waals surface area contributed by atoms with Crippen LogP contribution in [0.5, 0.6) is 5.75 Å². The molecule has 2 aromatic carbocycles. The zero-order valence-corrected chi connectivity index (χ0v) is 21.7. The highest BCUT2D eigenvalue weighted by molar-refractivity contribution is 5.92. The lowest BCUT2D eigenvalue weighted by Crippen LogP contribution is -2.56. The molecule has 0 radical (unpaired) electrons. The first-order valence-corrected chi connectivity index (χ1v) is 11.9. The number of phenols is 1. The van der Waals surface area contributed by atoms with Crippen molar-refractivity contribution in [3.63, 3.8) is 0 Å². The van der Waals surface area contributed by atoms with Crippen molar-refractivity contribution < 1.29 is 29.3 Å². The first-order chi connectivity index (χ1) is 16.9. The number of aliphatic hydroxyl groups excluding tert-OH is 1. The van der Waals surface area contributed by atoms with Crippen LogP contribution in [0, 0.1) is 6.92 Å². The maximum Gasteiger partial charge on any atom is 0.408 e. The Morgan fingerprint density at radius 3 is 2.22 bits per heavy atom. The van der Waals surface area contributed by atoms with Crippen LogP contribution in [0.15, 0.2) is 48.5 Å². The molecule has 0 aromatic heterocycles. The zero-order valence-electron chi connectivity index (χ0n) is 21.7. The highest BCUT2D eigenvalue weighted by Crippen LogP contribution is 2.33. The first-order valence-electron chi connectivity index (χ1n) is 11.9. The summed E-state index contributed by atoms with van der Waals surface area (Å²) in [6.07, 6.45) is -0.873. The summed E-state index contributed by atoms with van der Waals surface area (Å²) in [5.74, 6) is -1.33. The summed E-state index contributed by atoms with van der Waals surface area (Å²) in [4.78, 5) is 40.8. The van der Waals surface area contributed by atoms with Crippen LogP contribution in [0.3, 0.4) is 0 Å². The second-order valence-electron chi connectivity index (χ2n) is 9.84. The van der Waals surface area contributed by atoms with Gasteiger partial charge in [0.15, 0.2) is 0 Å². The third kappa shape index (κ3) is 7.71. The van der Waals surface area contributed by atoms with Gasteiger partial charge in [0.2, 0.25) is 11.8 Å². The lowest BCUT2D eigenvalue weighted by Gasteiger charge is -2.37. The number of ether oxygens (including phenoxy) is 1. The molecule has 0 aliphatic rings. The number of aryl methyl sites for hydroxylation is 1. The molecular weight excluding hydrogens is 462 g/mol. The minimum Gasteiger partial charge on any atom is -0.507 e. The summed E-state index contributed by atoms with van der Waals surface area (Å²) in [5, 5.41) is 26.0. The smallest absolute Gasteiger partial charge is 0.408 e.